The monoisotopic (exact) mass is 262 g/mol. The van der Waals surface area contributed by atoms with E-state index in [0.717, 1.165) is 18.5 Å². The van der Waals surface area contributed by atoms with Gasteiger partial charge in [0, 0.05) is 19.3 Å². The molecule has 1 aliphatic carbocycles. The minimum atomic E-state index is -0.379. The number of hydrogen-bond donors (Lipinski definition) is 2. The van der Waals surface area contributed by atoms with Gasteiger partial charge in [-0.15, -0.1) is 0 Å². The predicted octanol–water partition coefficient (Wildman–Crippen LogP) is 2.41. The number of rotatable bonds is 4. The molecule has 0 aliphatic heterocycles. The van der Waals surface area contributed by atoms with Crippen LogP contribution in [0.25, 0.3) is 0 Å². The van der Waals surface area contributed by atoms with Gasteiger partial charge >= 0.3 is 6.03 Å². The minimum Gasteiger partial charge on any atom is -0.393 e. The predicted molar refractivity (Wildman–Crippen MR) is 76.4 cm³/mol. The largest absolute Gasteiger partial charge is 0.393 e. The number of nitrogens with one attached hydrogen (secondary N) is 1. The Labute approximate surface area is 114 Å². The van der Waals surface area contributed by atoms with Crippen molar-refractivity contribution < 1.29 is 9.90 Å². The molecule has 0 aromatic heterocycles. The SMILES string of the molecule is CC(O)CCN(C)C(=O)Nc1ccc2c(c1)CCC2. The molecule has 0 saturated heterocycles. The zero-order valence-electron chi connectivity index (χ0n) is 11.6. The molecule has 0 radical (unpaired) electrons. The number of aliphatic hydroxyl groups is 1. The molecular weight excluding hydrogens is 240 g/mol. The molecule has 0 bridgehead atoms. The molecule has 1 aromatic rings. The molecule has 2 rings (SSSR count). The highest BCUT2D eigenvalue weighted by molar-refractivity contribution is 5.89. The number of nitrogens with zero attached hydrogens (tertiary/aromatic N) is 1. The van der Waals surface area contributed by atoms with Crippen LogP contribution in [-0.4, -0.2) is 35.7 Å². The molecule has 0 fully saturated rings. The van der Waals surface area contributed by atoms with Crippen LogP contribution < -0.4 is 5.32 Å². The molecule has 2 amide bonds. The summed E-state index contributed by atoms with van der Waals surface area (Å²) in [6.07, 6.45) is 3.68. The van der Waals surface area contributed by atoms with Crippen molar-refractivity contribution in [1.29, 1.82) is 0 Å². The summed E-state index contributed by atoms with van der Waals surface area (Å²) in [6, 6.07) is 6.01. The van der Waals surface area contributed by atoms with Gasteiger partial charge in [0.15, 0.2) is 0 Å². The van der Waals surface area contributed by atoms with E-state index in [9.17, 15) is 9.90 Å². The smallest absolute Gasteiger partial charge is 0.321 e. The van der Waals surface area contributed by atoms with Crippen molar-refractivity contribution in [2.75, 3.05) is 18.9 Å². The van der Waals surface area contributed by atoms with Crippen LogP contribution in [-0.2, 0) is 12.8 Å². The van der Waals surface area contributed by atoms with Crippen LogP contribution in [0.5, 0.6) is 0 Å². The van der Waals surface area contributed by atoms with E-state index in [1.165, 1.54) is 17.5 Å². The Bertz CT molecular complexity index is 457. The molecule has 104 valence electrons. The van der Waals surface area contributed by atoms with Gasteiger partial charge in [-0.3, -0.25) is 0 Å². The van der Waals surface area contributed by atoms with Crippen molar-refractivity contribution in [2.24, 2.45) is 0 Å². The topological polar surface area (TPSA) is 52.6 Å². The van der Waals surface area contributed by atoms with Crippen LogP contribution in [0.15, 0.2) is 18.2 Å². The zero-order chi connectivity index (χ0) is 13.8. The first-order chi connectivity index (χ1) is 9.06. The van der Waals surface area contributed by atoms with E-state index in [0.29, 0.717) is 13.0 Å². The van der Waals surface area contributed by atoms with Crippen LogP contribution in [0.2, 0.25) is 0 Å². The van der Waals surface area contributed by atoms with Gasteiger partial charge in [-0.05, 0) is 55.9 Å². The molecule has 0 spiro atoms. The lowest BCUT2D eigenvalue weighted by molar-refractivity contribution is 0.167. The van der Waals surface area contributed by atoms with E-state index < -0.39 is 0 Å². The highest BCUT2D eigenvalue weighted by Gasteiger charge is 2.13. The summed E-state index contributed by atoms with van der Waals surface area (Å²) in [5.74, 6) is 0. The number of aliphatic hydroxyl groups excluding tert-OH is 1. The summed E-state index contributed by atoms with van der Waals surface area (Å²) in [4.78, 5) is 13.6. The lowest BCUT2D eigenvalue weighted by Gasteiger charge is -2.19. The number of urea groups is 1. The second-order valence-corrected chi connectivity index (χ2v) is 5.33. The van der Waals surface area contributed by atoms with Gasteiger partial charge in [0.2, 0.25) is 0 Å². The van der Waals surface area contributed by atoms with Crippen molar-refractivity contribution in [2.45, 2.75) is 38.7 Å². The Hall–Kier alpha value is -1.55. The number of anilines is 1. The Kier molecular flexibility index (Phi) is 4.43. The average Bonchev–Trinajstić information content (AvgIpc) is 2.83. The molecule has 1 atom stereocenters. The second-order valence-electron chi connectivity index (χ2n) is 5.33. The van der Waals surface area contributed by atoms with Gasteiger partial charge < -0.3 is 15.3 Å². The summed E-state index contributed by atoms with van der Waals surface area (Å²) in [7, 11) is 1.74. The van der Waals surface area contributed by atoms with Crippen molar-refractivity contribution in [3.63, 3.8) is 0 Å². The normalized spacial score (nSPS) is 14.9. The van der Waals surface area contributed by atoms with Crippen molar-refractivity contribution in [1.82, 2.24) is 4.90 Å². The van der Waals surface area contributed by atoms with Crippen LogP contribution in [0.4, 0.5) is 10.5 Å². The standard InChI is InChI=1S/C15H22N2O2/c1-11(18)8-9-17(2)15(19)16-14-7-6-12-4-3-5-13(12)10-14/h6-7,10-11,18H,3-5,8-9H2,1-2H3,(H,16,19). The fourth-order valence-corrected chi connectivity index (χ4v) is 2.35. The summed E-state index contributed by atoms with van der Waals surface area (Å²) in [5, 5.41) is 12.1. The molecule has 1 aliphatic rings. The van der Waals surface area contributed by atoms with Crippen LogP contribution in [0, 0.1) is 0 Å². The highest BCUT2D eigenvalue weighted by atomic mass is 16.3. The van der Waals surface area contributed by atoms with Crippen LogP contribution in [0.3, 0.4) is 0 Å². The first kappa shape index (κ1) is 13.9. The average molecular weight is 262 g/mol. The number of carbonyl (C=O) groups excluding carboxylic acids is 1. The lowest BCUT2D eigenvalue weighted by atomic mass is 10.1. The Morgan fingerprint density at radius 3 is 2.89 bits per heavy atom. The Morgan fingerprint density at radius 1 is 1.42 bits per heavy atom. The van der Waals surface area contributed by atoms with E-state index in [-0.39, 0.29) is 12.1 Å². The van der Waals surface area contributed by atoms with Crippen LogP contribution >= 0.6 is 0 Å². The molecule has 1 unspecified atom stereocenters. The zero-order valence-corrected chi connectivity index (χ0v) is 11.6. The molecule has 0 saturated carbocycles. The van der Waals surface area contributed by atoms with E-state index in [1.807, 2.05) is 6.07 Å². The van der Waals surface area contributed by atoms with Crippen molar-refractivity contribution in [3.8, 4) is 0 Å². The van der Waals surface area contributed by atoms with Gasteiger partial charge in [-0.2, -0.15) is 0 Å². The number of benzene rings is 1. The highest BCUT2D eigenvalue weighted by Crippen LogP contribution is 2.24. The van der Waals surface area contributed by atoms with Gasteiger partial charge in [-0.25, -0.2) is 4.79 Å². The number of amides is 2. The van der Waals surface area contributed by atoms with Crippen molar-refractivity contribution in [3.05, 3.63) is 29.3 Å². The maximum atomic E-state index is 12.0. The van der Waals surface area contributed by atoms with E-state index in [4.69, 9.17) is 0 Å². The fraction of sp³-hybridized carbons (Fsp3) is 0.533. The first-order valence-corrected chi connectivity index (χ1v) is 6.88. The number of aryl methyl sites for hydroxylation is 2. The van der Waals surface area contributed by atoms with Crippen molar-refractivity contribution >= 4 is 11.7 Å². The fourth-order valence-electron chi connectivity index (χ4n) is 2.35. The summed E-state index contributed by atoms with van der Waals surface area (Å²) in [5.41, 5.74) is 3.61. The van der Waals surface area contributed by atoms with E-state index in [2.05, 4.69) is 17.4 Å². The minimum absolute atomic E-state index is 0.126. The third kappa shape index (κ3) is 3.70. The summed E-state index contributed by atoms with van der Waals surface area (Å²) >= 11 is 0. The second kappa shape index (κ2) is 6.06. The first-order valence-electron chi connectivity index (χ1n) is 6.88. The maximum absolute atomic E-state index is 12.0. The van der Waals surface area contributed by atoms with Gasteiger partial charge in [0.25, 0.3) is 0 Å². The van der Waals surface area contributed by atoms with E-state index in [1.54, 1.807) is 18.9 Å². The third-order valence-corrected chi connectivity index (χ3v) is 3.58. The molecule has 2 N–H and O–H groups in total. The van der Waals surface area contributed by atoms with Crippen LogP contribution in [0.1, 0.15) is 30.9 Å². The molecule has 4 nitrogen and oxygen atoms in total. The van der Waals surface area contributed by atoms with Gasteiger partial charge in [0.1, 0.15) is 0 Å². The number of hydrogen-bond acceptors (Lipinski definition) is 2. The summed E-state index contributed by atoms with van der Waals surface area (Å²) < 4.78 is 0. The molecule has 0 heterocycles. The molecular formula is C15H22N2O2. The third-order valence-electron chi connectivity index (χ3n) is 3.58. The molecule has 19 heavy (non-hydrogen) atoms. The lowest BCUT2D eigenvalue weighted by Crippen LogP contribution is -2.33. The van der Waals surface area contributed by atoms with Gasteiger partial charge in [-0.1, -0.05) is 6.07 Å². The Balaban J connectivity index is 1.91. The number of fused-ring (bicyclic) bond motifs is 1. The quantitative estimate of drug-likeness (QED) is 0.875. The molecule has 4 heteroatoms. The Morgan fingerprint density at radius 2 is 2.16 bits per heavy atom. The molecule has 1 aromatic carbocycles. The van der Waals surface area contributed by atoms with Gasteiger partial charge in [0.05, 0.1) is 6.10 Å². The number of carbonyl (C=O) groups is 1. The maximum Gasteiger partial charge on any atom is 0.321 e. The summed E-state index contributed by atoms with van der Waals surface area (Å²) in [6.45, 7) is 2.28. The van der Waals surface area contributed by atoms with E-state index >= 15 is 0 Å².